The van der Waals surface area contributed by atoms with Crippen molar-refractivity contribution in [3.8, 4) is 0 Å². The lowest BCUT2D eigenvalue weighted by atomic mass is 9.88. The molecule has 0 aromatic rings. The number of hydrogen-bond donors (Lipinski definition) is 2. The third-order valence-corrected chi connectivity index (χ3v) is 1.99. The summed E-state index contributed by atoms with van der Waals surface area (Å²) in [5.74, 6) is 5.37. The van der Waals surface area contributed by atoms with Crippen LogP contribution >= 0.6 is 0 Å². The van der Waals surface area contributed by atoms with Crippen LogP contribution in [-0.4, -0.2) is 37.7 Å². The number of hydrogen-bond acceptors (Lipinski definition) is 4. The second-order valence-corrected chi connectivity index (χ2v) is 4.56. The number of hydrazine groups is 1. The van der Waals surface area contributed by atoms with Crippen LogP contribution in [0.3, 0.4) is 0 Å². The van der Waals surface area contributed by atoms with Gasteiger partial charge in [-0.1, -0.05) is 20.8 Å². The van der Waals surface area contributed by atoms with Crippen LogP contribution in [-0.2, 0) is 4.74 Å². The van der Waals surface area contributed by atoms with Gasteiger partial charge in [-0.25, -0.2) is 4.79 Å². The van der Waals surface area contributed by atoms with Crippen LogP contribution in [0.1, 0.15) is 20.8 Å². The first-order valence-electron chi connectivity index (χ1n) is 4.59. The van der Waals surface area contributed by atoms with Crippen molar-refractivity contribution < 1.29 is 9.53 Å². The maximum Gasteiger partial charge on any atom is 0.409 e. The zero-order valence-electron chi connectivity index (χ0n) is 9.63. The molecular formula is C9H21N3O2. The fourth-order valence-electron chi connectivity index (χ4n) is 0.832. The highest BCUT2D eigenvalue weighted by Crippen LogP contribution is 2.18. The Morgan fingerprint density at radius 1 is 1.50 bits per heavy atom. The molecule has 0 unspecified atom stereocenters. The molecule has 0 aromatic heterocycles. The lowest BCUT2D eigenvalue weighted by Crippen LogP contribution is -2.48. The Kier molecular flexibility index (Phi) is 4.87. The van der Waals surface area contributed by atoms with Gasteiger partial charge < -0.3 is 9.64 Å². The fraction of sp³-hybridized carbons (Fsp3) is 0.889. The summed E-state index contributed by atoms with van der Waals surface area (Å²) in [6.45, 7) is 6.36. The molecule has 0 spiro atoms. The van der Waals surface area contributed by atoms with E-state index in [1.807, 2.05) is 20.8 Å². The minimum Gasteiger partial charge on any atom is -0.448 e. The normalized spacial score (nSPS) is 13.6. The maximum atomic E-state index is 11.1. The number of ether oxygens (including phenoxy) is 1. The van der Waals surface area contributed by atoms with Crippen LogP contribution in [0.4, 0.5) is 4.79 Å². The van der Waals surface area contributed by atoms with Crippen molar-refractivity contribution in [3.05, 3.63) is 0 Å². The van der Waals surface area contributed by atoms with Gasteiger partial charge >= 0.3 is 6.09 Å². The Balaban J connectivity index is 4.04. The fourth-order valence-corrected chi connectivity index (χ4v) is 0.832. The number of nitrogens with two attached hydrogens (primary N) is 1. The SMILES string of the molecule is CN(C)C(=O)OC[C@@H](NN)C(C)(C)C. The van der Waals surface area contributed by atoms with E-state index in [2.05, 4.69) is 5.43 Å². The van der Waals surface area contributed by atoms with Gasteiger partial charge in [0.15, 0.2) is 0 Å². The Hall–Kier alpha value is -0.810. The van der Waals surface area contributed by atoms with Crippen molar-refractivity contribution in [2.24, 2.45) is 11.3 Å². The molecule has 0 radical (unpaired) electrons. The number of carbonyl (C=O) groups excluding carboxylic acids is 1. The van der Waals surface area contributed by atoms with Gasteiger partial charge in [0.25, 0.3) is 0 Å². The van der Waals surface area contributed by atoms with E-state index in [-0.39, 0.29) is 24.2 Å². The van der Waals surface area contributed by atoms with E-state index in [1.54, 1.807) is 14.1 Å². The van der Waals surface area contributed by atoms with Crippen molar-refractivity contribution in [2.45, 2.75) is 26.8 Å². The van der Waals surface area contributed by atoms with Gasteiger partial charge in [-0.05, 0) is 5.41 Å². The van der Waals surface area contributed by atoms with Crippen molar-refractivity contribution >= 4 is 6.09 Å². The van der Waals surface area contributed by atoms with Crippen molar-refractivity contribution in [3.63, 3.8) is 0 Å². The largest absolute Gasteiger partial charge is 0.448 e. The highest BCUT2D eigenvalue weighted by atomic mass is 16.6. The molecule has 5 nitrogen and oxygen atoms in total. The first-order valence-corrected chi connectivity index (χ1v) is 4.59. The van der Waals surface area contributed by atoms with Gasteiger partial charge in [0.05, 0.1) is 6.04 Å². The third-order valence-electron chi connectivity index (χ3n) is 1.99. The summed E-state index contributed by atoms with van der Waals surface area (Å²) in [6, 6.07) is -0.0496. The van der Waals surface area contributed by atoms with Crippen LogP contribution < -0.4 is 11.3 Å². The summed E-state index contributed by atoms with van der Waals surface area (Å²) in [5.41, 5.74) is 2.60. The highest BCUT2D eigenvalue weighted by Gasteiger charge is 2.24. The Bertz CT molecular complexity index is 187. The molecule has 0 aromatic carbocycles. The lowest BCUT2D eigenvalue weighted by molar-refractivity contribution is 0.0865. The van der Waals surface area contributed by atoms with E-state index in [1.165, 1.54) is 4.90 Å². The van der Waals surface area contributed by atoms with E-state index in [0.29, 0.717) is 0 Å². The zero-order chi connectivity index (χ0) is 11.4. The number of amides is 1. The quantitative estimate of drug-likeness (QED) is 0.519. The van der Waals surface area contributed by atoms with Crippen LogP contribution in [0, 0.1) is 5.41 Å². The van der Waals surface area contributed by atoms with Crippen molar-refractivity contribution in [2.75, 3.05) is 20.7 Å². The van der Waals surface area contributed by atoms with E-state index in [9.17, 15) is 4.79 Å². The van der Waals surface area contributed by atoms with E-state index in [0.717, 1.165) is 0 Å². The first-order chi connectivity index (χ1) is 6.29. The smallest absolute Gasteiger partial charge is 0.409 e. The second-order valence-electron chi connectivity index (χ2n) is 4.56. The maximum absolute atomic E-state index is 11.1. The molecular weight excluding hydrogens is 182 g/mol. The van der Waals surface area contributed by atoms with Gasteiger partial charge in [0.2, 0.25) is 0 Å². The summed E-state index contributed by atoms with van der Waals surface area (Å²) in [4.78, 5) is 12.5. The zero-order valence-corrected chi connectivity index (χ0v) is 9.63. The molecule has 0 heterocycles. The first kappa shape index (κ1) is 13.2. The van der Waals surface area contributed by atoms with E-state index in [4.69, 9.17) is 10.6 Å². The van der Waals surface area contributed by atoms with Crippen LogP contribution in [0.5, 0.6) is 0 Å². The average Bonchev–Trinajstić information content (AvgIpc) is 2.02. The summed E-state index contributed by atoms with van der Waals surface area (Å²) in [7, 11) is 3.29. The second kappa shape index (κ2) is 5.17. The summed E-state index contributed by atoms with van der Waals surface area (Å²) < 4.78 is 5.03. The molecule has 5 heteroatoms. The van der Waals surface area contributed by atoms with Gasteiger partial charge in [0, 0.05) is 14.1 Å². The molecule has 0 saturated heterocycles. The van der Waals surface area contributed by atoms with E-state index < -0.39 is 0 Å². The molecule has 0 aliphatic rings. The number of carbonyl (C=O) groups is 1. The van der Waals surface area contributed by atoms with Gasteiger partial charge in [-0.3, -0.25) is 11.3 Å². The third kappa shape index (κ3) is 4.43. The van der Waals surface area contributed by atoms with Gasteiger partial charge in [-0.15, -0.1) is 0 Å². The molecule has 0 bridgehead atoms. The molecule has 3 N–H and O–H groups in total. The minimum atomic E-state index is -0.352. The molecule has 0 saturated carbocycles. The standard InChI is InChI=1S/C9H21N3O2/c1-9(2,3)7(11-10)6-14-8(13)12(4)5/h7,11H,6,10H2,1-5H3/t7-/m1/s1. The summed E-state index contributed by atoms with van der Waals surface area (Å²) >= 11 is 0. The molecule has 1 atom stereocenters. The monoisotopic (exact) mass is 203 g/mol. The predicted molar refractivity (Wildman–Crippen MR) is 55.6 cm³/mol. The Labute approximate surface area is 85.6 Å². The molecule has 0 aliphatic heterocycles. The summed E-state index contributed by atoms with van der Waals surface area (Å²) in [6.07, 6.45) is -0.352. The lowest BCUT2D eigenvalue weighted by Gasteiger charge is -2.29. The Morgan fingerprint density at radius 2 is 2.00 bits per heavy atom. The van der Waals surface area contributed by atoms with Crippen molar-refractivity contribution in [1.29, 1.82) is 0 Å². The summed E-state index contributed by atoms with van der Waals surface area (Å²) in [5, 5.41) is 0. The number of nitrogens with zero attached hydrogens (tertiary/aromatic N) is 1. The topological polar surface area (TPSA) is 67.6 Å². The van der Waals surface area contributed by atoms with Crippen LogP contribution in [0.15, 0.2) is 0 Å². The molecule has 0 rings (SSSR count). The van der Waals surface area contributed by atoms with Crippen molar-refractivity contribution in [1.82, 2.24) is 10.3 Å². The van der Waals surface area contributed by atoms with E-state index >= 15 is 0 Å². The molecule has 0 fully saturated rings. The average molecular weight is 203 g/mol. The number of nitrogens with one attached hydrogen (secondary N) is 1. The van der Waals surface area contributed by atoms with Crippen LogP contribution in [0.25, 0.3) is 0 Å². The van der Waals surface area contributed by atoms with Crippen LogP contribution in [0.2, 0.25) is 0 Å². The molecule has 14 heavy (non-hydrogen) atoms. The Morgan fingerprint density at radius 3 is 2.29 bits per heavy atom. The predicted octanol–water partition coefficient (Wildman–Crippen LogP) is 0.563. The highest BCUT2D eigenvalue weighted by molar-refractivity contribution is 5.66. The van der Waals surface area contributed by atoms with Gasteiger partial charge in [-0.2, -0.15) is 0 Å². The number of rotatable bonds is 3. The molecule has 84 valence electrons. The minimum absolute atomic E-state index is 0.0403. The molecule has 1 amide bonds. The van der Waals surface area contributed by atoms with Gasteiger partial charge in [0.1, 0.15) is 6.61 Å². The molecule has 0 aliphatic carbocycles.